The fourth-order valence-electron chi connectivity index (χ4n) is 5.08. The lowest BCUT2D eigenvalue weighted by Gasteiger charge is -2.42. The number of carboxylic acids is 1. The highest BCUT2D eigenvalue weighted by Gasteiger charge is 2.45. The Bertz CT molecular complexity index is 888. The van der Waals surface area contributed by atoms with Gasteiger partial charge >= 0.3 is 5.97 Å². The van der Waals surface area contributed by atoms with E-state index in [1.807, 2.05) is 13.0 Å². The Morgan fingerprint density at radius 1 is 1.19 bits per heavy atom. The van der Waals surface area contributed by atoms with Gasteiger partial charge in [0.25, 0.3) is 0 Å². The van der Waals surface area contributed by atoms with Crippen LogP contribution in [-0.4, -0.2) is 17.7 Å². The van der Waals surface area contributed by atoms with E-state index < -0.39 is 5.97 Å². The molecule has 3 atom stereocenters. The molecule has 3 nitrogen and oxygen atoms in total. The van der Waals surface area contributed by atoms with Gasteiger partial charge in [0.1, 0.15) is 5.75 Å². The highest BCUT2D eigenvalue weighted by Crippen LogP contribution is 2.57. The normalized spacial score (nSPS) is 25.2. The Kier molecular flexibility index (Phi) is 6.74. The third-order valence-corrected chi connectivity index (χ3v) is 7.37. The number of aliphatic carboxylic acids is 1. The van der Waals surface area contributed by atoms with Gasteiger partial charge in [-0.2, -0.15) is 0 Å². The van der Waals surface area contributed by atoms with E-state index in [9.17, 15) is 4.79 Å². The first kappa shape index (κ1) is 23.6. The smallest absolute Gasteiger partial charge is 0.328 e. The van der Waals surface area contributed by atoms with Gasteiger partial charge in [-0.1, -0.05) is 59.8 Å². The number of carbonyl (C=O) groups is 1. The zero-order chi connectivity index (χ0) is 23.0. The molecular formula is C28H40O3. The lowest BCUT2D eigenvalue weighted by atomic mass is 9.62. The third kappa shape index (κ3) is 5.25. The van der Waals surface area contributed by atoms with Gasteiger partial charge in [0.2, 0.25) is 0 Å². The van der Waals surface area contributed by atoms with E-state index in [-0.39, 0.29) is 10.8 Å². The van der Waals surface area contributed by atoms with Crippen molar-refractivity contribution in [3.05, 3.63) is 52.6 Å². The number of rotatable bonds is 8. The molecule has 1 N–H and O–H groups in total. The first-order valence-electron chi connectivity index (χ1n) is 11.9. The number of carboxylic acid groups (broad SMARTS) is 1. The van der Waals surface area contributed by atoms with Gasteiger partial charge in [-0.3, -0.25) is 0 Å². The minimum Gasteiger partial charge on any atom is -0.493 e. The van der Waals surface area contributed by atoms with Crippen LogP contribution in [-0.2, 0) is 15.6 Å². The summed E-state index contributed by atoms with van der Waals surface area (Å²) in [5.74, 6) is 1.69. The zero-order valence-electron chi connectivity index (χ0n) is 20.4. The van der Waals surface area contributed by atoms with Crippen LogP contribution < -0.4 is 4.74 Å². The standard InChI is InChI=1S/C28H40O3/c1-8-13-31-25-17-24-23(27(4,5)11-12-28(24,6)7)16-22(25)21-15-20(21)19(3)10-9-18(2)14-26(29)30/h9-10,14,16-17,19-21H,8,11-13,15H2,1-7H3,(H,29,30). The maximum Gasteiger partial charge on any atom is 0.328 e. The molecule has 3 heteroatoms. The Hall–Kier alpha value is -2.03. The van der Waals surface area contributed by atoms with Gasteiger partial charge < -0.3 is 9.84 Å². The van der Waals surface area contributed by atoms with Gasteiger partial charge in [-0.15, -0.1) is 0 Å². The van der Waals surface area contributed by atoms with E-state index in [0.29, 0.717) is 17.8 Å². The van der Waals surface area contributed by atoms with Crippen LogP contribution >= 0.6 is 0 Å². The first-order chi connectivity index (χ1) is 14.5. The highest BCUT2D eigenvalue weighted by atomic mass is 16.5. The molecule has 0 aromatic heterocycles. The fourth-order valence-corrected chi connectivity index (χ4v) is 5.08. The molecule has 0 saturated heterocycles. The zero-order valence-corrected chi connectivity index (χ0v) is 20.4. The number of benzene rings is 1. The minimum atomic E-state index is -0.892. The summed E-state index contributed by atoms with van der Waals surface area (Å²) < 4.78 is 6.29. The molecule has 0 amide bonds. The maximum absolute atomic E-state index is 10.9. The summed E-state index contributed by atoms with van der Waals surface area (Å²) in [5, 5.41) is 8.91. The molecule has 31 heavy (non-hydrogen) atoms. The van der Waals surface area contributed by atoms with E-state index >= 15 is 0 Å². The van der Waals surface area contributed by atoms with Crippen molar-refractivity contribution in [2.45, 2.75) is 90.9 Å². The molecule has 0 heterocycles. The molecule has 0 radical (unpaired) electrons. The largest absolute Gasteiger partial charge is 0.493 e. The Morgan fingerprint density at radius 3 is 2.39 bits per heavy atom. The summed E-state index contributed by atoms with van der Waals surface area (Å²) >= 11 is 0. The number of allylic oxidation sites excluding steroid dienone is 3. The highest BCUT2D eigenvalue weighted by molar-refractivity contribution is 5.81. The molecule has 0 aliphatic heterocycles. The quantitative estimate of drug-likeness (QED) is 0.356. The Balaban J connectivity index is 1.91. The second kappa shape index (κ2) is 8.84. The molecule has 170 valence electrons. The van der Waals surface area contributed by atoms with Crippen LogP contribution in [0.5, 0.6) is 5.75 Å². The molecule has 1 aromatic rings. The molecule has 1 aromatic carbocycles. The topological polar surface area (TPSA) is 46.5 Å². The molecule has 2 aliphatic rings. The monoisotopic (exact) mass is 424 g/mol. The Labute approximate surface area is 188 Å². The fraction of sp³-hybridized carbons (Fsp3) is 0.607. The van der Waals surface area contributed by atoms with Gasteiger partial charge in [0.15, 0.2) is 0 Å². The van der Waals surface area contributed by atoms with Gasteiger partial charge in [-0.05, 0) is 89.5 Å². The second-order valence-corrected chi connectivity index (χ2v) is 11.0. The van der Waals surface area contributed by atoms with Crippen molar-refractivity contribution in [2.75, 3.05) is 6.61 Å². The number of hydrogen-bond acceptors (Lipinski definition) is 2. The van der Waals surface area contributed by atoms with Gasteiger partial charge in [0, 0.05) is 6.08 Å². The van der Waals surface area contributed by atoms with Crippen LogP contribution in [0, 0.1) is 11.8 Å². The van der Waals surface area contributed by atoms with Crippen molar-refractivity contribution >= 4 is 5.97 Å². The molecule has 3 rings (SSSR count). The molecule has 1 fully saturated rings. The number of hydrogen-bond donors (Lipinski definition) is 1. The van der Waals surface area contributed by atoms with Crippen molar-refractivity contribution in [1.82, 2.24) is 0 Å². The van der Waals surface area contributed by atoms with Crippen LogP contribution in [0.4, 0.5) is 0 Å². The third-order valence-electron chi connectivity index (χ3n) is 7.37. The first-order valence-corrected chi connectivity index (χ1v) is 11.9. The van der Waals surface area contributed by atoms with Crippen LogP contribution in [0.25, 0.3) is 0 Å². The maximum atomic E-state index is 10.9. The molecule has 0 spiro atoms. The van der Waals surface area contributed by atoms with Crippen LogP contribution in [0.2, 0.25) is 0 Å². The molecule has 0 bridgehead atoms. The van der Waals surface area contributed by atoms with Crippen LogP contribution in [0.15, 0.2) is 35.9 Å². The lowest BCUT2D eigenvalue weighted by molar-refractivity contribution is -0.131. The van der Waals surface area contributed by atoms with Crippen molar-refractivity contribution in [2.24, 2.45) is 11.8 Å². The summed E-state index contributed by atoms with van der Waals surface area (Å²) in [4.78, 5) is 10.9. The predicted octanol–water partition coefficient (Wildman–Crippen LogP) is 7.15. The van der Waals surface area contributed by atoms with Crippen molar-refractivity contribution in [3.8, 4) is 5.75 Å². The summed E-state index contributed by atoms with van der Waals surface area (Å²) in [6.45, 7) is 16.5. The average Bonchev–Trinajstić information content (AvgIpc) is 3.48. The second-order valence-electron chi connectivity index (χ2n) is 11.0. The summed E-state index contributed by atoms with van der Waals surface area (Å²) in [5.41, 5.74) is 5.48. The predicted molar refractivity (Wildman–Crippen MR) is 128 cm³/mol. The lowest BCUT2D eigenvalue weighted by Crippen LogP contribution is -2.34. The summed E-state index contributed by atoms with van der Waals surface area (Å²) in [6, 6.07) is 4.83. The van der Waals surface area contributed by atoms with Crippen LogP contribution in [0.1, 0.15) is 96.8 Å². The van der Waals surface area contributed by atoms with E-state index in [0.717, 1.165) is 30.8 Å². The number of fused-ring (bicyclic) bond motifs is 1. The molecule has 2 aliphatic carbocycles. The van der Waals surface area contributed by atoms with E-state index in [1.54, 1.807) is 0 Å². The van der Waals surface area contributed by atoms with E-state index in [4.69, 9.17) is 9.84 Å². The minimum absolute atomic E-state index is 0.181. The Morgan fingerprint density at radius 2 is 1.81 bits per heavy atom. The van der Waals surface area contributed by atoms with Crippen molar-refractivity contribution in [1.29, 1.82) is 0 Å². The van der Waals surface area contributed by atoms with Gasteiger partial charge in [0.05, 0.1) is 6.61 Å². The van der Waals surface area contributed by atoms with E-state index in [1.165, 1.54) is 35.6 Å². The van der Waals surface area contributed by atoms with Crippen molar-refractivity contribution in [3.63, 3.8) is 0 Å². The molecule has 1 saturated carbocycles. The van der Waals surface area contributed by atoms with Crippen LogP contribution in [0.3, 0.4) is 0 Å². The van der Waals surface area contributed by atoms with Gasteiger partial charge in [-0.25, -0.2) is 4.79 Å². The SMILES string of the molecule is CCCOc1cc2c(cc1C1CC1C(C)C=CC(C)=CC(=O)O)C(C)(C)CCC2(C)C. The average molecular weight is 425 g/mol. The van der Waals surface area contributed by atoms with Crippen molar-refractivity contribution < 1.29 is 14.6 Å². The molecular weight excluding hydrogens is 384 g/mol. The molecule has 3 unspecified atom stereocenters. The van der Waals surface area contributed by atoms with E-state index in [2.05, 4.69) is 59.8 Å². The number of ether oxygens (including phenoxy) is 1. The summed E-state index contributed by atoms with van der Waals surface area (Å²) in [7, 11) is 0. The summed E-state index contributed by atoms with van der Waals surface area (Å²) in [6.07, 6.45) is 9.96.